The maximum absolute atomic E-state index is 13.5. The summed E-state index contributed by atoms with van der Waals surface area (Å²) in [5.74, 6) is -0.611. The summed E-state index contributed by atoms with van der Waals surface area (Å²) < 4.78 is 4.97. The van der Waals surface area contributed by atoms with E-state index < -0.39 is 17.4 Å². The molecule has 0 radical (unpaired) electrons. The van der Waals surface area contributed by atoms with E-state index in [1.165, 1.54) is 7.11 Å². The zero-order chi connectivity index (χ0) is 21.8. The molecule has 4 heteroatoms. The molecule has 0 aliphatic carbocycles. The molecule has 0 spiro atoms. The third-order valence-electron chi connectivity index (χ3n) is 5.60. The first-order valence-electron chi connectivity index (χ1n) is 10.6. The van der Waals surface area contributed by atoms with E-state index in [4.69, 9.17) is 4.74 Å². The van der Waals surface area contributed by atoms with Crippen molar-refractivity contribution in [2.24, 2.45) is 0 Å². The highest BCUT2D eigenvalue weighted by Gasteiger charge is 2.39. The molecule has 1 atom stereocenters. The number of carbonyl (C=O) groups is 2. The molecule has 0 unspecified atom stereocenters. The van der Waals surface area contributed by atoms with Gasteiger partial charge in [-0.3, -0.25) is 4.79 Å². The summed E-state index contributed by atoms with van der Waals surface area (Å²) >= 11 is 0. The Balaban J connectivity index is 2.19. The highest BCUT2D eigenvalue weighted by atomic mass is 16.5. The van der Waals surface area contributed by atoms with Gasteiger partial charge in [0.25, 0.3) is 0 Å². The fourth-order valence-electron chi connectivity index (χ4n) is 3.66. The molecule has 0 aliphatic heterocycles. The molecule has 1 amide bonds. The lowest BCUT2D eigenvalue weighted by Gasteiger charge is -2.31. The predicted octanol–water partition coefficient (Wildman–Crippen LogP) is 5.18. The number of ether oxygens (including phenoxy) is 1. The van der Waals surface area contributed by atoms with Gasteiger partial charge in [0.2, 0.25) is 5.91 Å². The quantitative estimate of drug-likeness (QED) is 0.300. The highest BCUT2D eigenvalue weighted by Crippen LogP contribution is 2.32. The van der Waals surface area contributed by atoms with Crippen LogP contribution < -0.4 is 5.32 Å². The third-order valence-corrected chi connectivity index (χ3v) is 5.60. The maximum Gasteiger partial charge on any atom is 0.328 e. The lowest BCUT2D eigenvalue weighted by molar-refractivity contribution is -0.145. The van der Waals surface area contributed by atoms with Crippen LogP contribution in [0, 0.1) is 0 Å². The summed E-state index contributed by atoms with van der Waals surface area (Å²) in [7, 11) is 1.36. The van der Waals surface area contributed by atoms with Gasteiger partial charge in [-0.2, -0.15) is 0 Å². The number of unbranched alkanes of at least 4 members (excludes halogenated alkanes) is 4. The van der Waals surface area contributed by atoms with E-state index in [-0.39, 0.29) is 5.91 Å². The molecule has 0 saturated heterocycles. The van der Waals surface area contributed by atoms with Crippen LogP contribution in [0.25, 0.3) is 0 Å². The Morgan fingerprint density at radius 2 is 1.50 bits per heavy atom. The van der Waals surface area contributed by atoms with Crippen molar-refractivity contribution >= 4 is 11.9 Å². The van der Waals surface area contributed by atoms with Crippen molar-refractivity contribution in [2.45, 2.75) is 56.9 Å². The minimum Gasteiger partial charge on any atom is -0.467 e. The smallest absolute Gasteiger partial charge is 0.328 e. The second-order valence-corrected chi connectivity index (χ2v) is 7.69. The number of nitrogens with one attached hydrogen (secondary N) is 1. The molecular formula is C26H33NO3. The van der Waals surface area contributed by atoms with Gasteiger partial charge in [0.1, 0.15) is 6.04 Å². The van der Waals surface area contributed by atoms with Gasteiger partial charge in [-0.25, -0.2) is 4.79 Å². The van der Waals surface area contributed by atoms with Gasteiger partial charge in [-0.1, -0.05) is 86.0 Å². The van der Waals surface area contributed by atoms with Crippen molar-refractivity contribution in [2.75, 3.05) is 7.11 Å². The van der Waals surface area contributed by atoms with Crippen LogP contribution in [0.2, 0.25) is 0 Å². The van der Waals surface area contributed by atoms with Crippen LogP contribution in [0.5, 0.6) is 0 Å². The fourth-order valence-corrected chi connectivity index (χ4v) is 3.66. The van der Waals surface area contributed by atoms with E-state index in [0.717, 1.165) is 43.2 Å². The van der Waals surface area contributed by atoms with Crippen LogP contribution in [0.1, 0.15) is 56.6 Å². The molecule has 0 saturated carbocycles. The summed E-state index contributed by atoms with van der Waals surface area (Å²) in [5.41, 5.74) is 0.835. The Hall–Kier alpha value is -2.88. The Kier molecular flexibility index (Phi) is 9.33. The SMILES string of the molecule is C=CCCCCCC[C@H](NC(=O)C(C)(c1ccccc1)c1ccccc1)C(=O)OC. The van der Waals surface area contributed by atoms with Crippen LogP contribution in [-0.2, 0) is 19.7 Å². The van der Waals surface area contributed by atoms with Crippen molar-refractivity contribution < 1.29 is 14.3 Å². The number of benzene rings is 2. The van der Waals surface area contributed by atoms with Crippen molar-refractivity contribution in [3.63, 3.8) is 0 Å². The molecule has 0 aliphatic rings. The number of allylic oxidation sites excluding steroid dienone is 1. The van der Waals surface area contributed by atoms with E-state index in [9.17, 15) is 9.59 Å². The van der Waals surface area contributed by atoms with Crippen LogP contribution in [0.15, 0.2) is 73.3 Å². The summed E-state index contributed by atoms with van der Waals surface area (Å²) in [6, 6.07) is 18.7. The summed E-state index contributed by atoms with van der Waals surface area (Å²) in [5, 5.41) is 2.98. The second kappa shape index (κ2) is 12.0. The fraction of sp³-hybridized carbons (Fsp3) is 0.385. The molecule has 2 aromatic rings. The van der Waals surface area contributed by atoms with Crippen LogP contribution in [0.3, 0.4) is 0 Å². The number of methoxy groups -OCH3 is 1. The topological polar surface area (TPSA) is 55.4 Å². The molecule has 0 heterocycles. The molecule has 2 aromatic carbocycles. The van der Waals surface area contributed by atoms with Gasteiger partial charge in [0.05, 0.1) is 12.5 Å². The molecule has 1 N–H and O–H groups in total. The lowest BCUT2D eigenvalue weighted by atomic mass is 9.75. The number of esters is 1. The first-order valence-corrected chi connectivity index (χ1v) is 10.6. The molecule has 30 heavy (non-hydrogen) atoms. The normalized spacial score (nSPS) is 12.1. The van der Waals surface area contributed by atoms with Crippen molar-refractivity contribution in [3.05, 3.63) is 84.4 Å². The largest absolute Gasteiger partial charge is 0.467 e. The zero-order valence-electron chi connectivity index (χ0n) is 18.1. The molecule has 2 rings (SSSR count). The summed E-state index contributed by atoms with van der Waals surface area (Å²) in [6.45, 7) is 5.64. The Morgan fingerprint density at radius 3 is 2.00 bits per heavy atom. The van der Waals surface area contributed by atoms with Crippen LogP contribution in [-0.4, -0.2) is 25.0 Å². The highest BCUT2D eigenvalue weighted by molar-refractivity contribution is 5.94. The van der Waals surface area contributed by atoms with Gasteiger partial charge < -0.3 is 10.1 Å². The average Bonchev–Trinajstić information content (AvgIpc) is 2.80. The van der Waals surface area contributed by atoms with Crippen LogP contribution >= 0.6 is 0 Å². The minimum atomic E-state index is -0.918. The van der Waals surface area contributed by atoms with Gasteiger partial charge >= 0.3 is 5.97 Å². The monoisotopic (exact) mass is 407 g/mol. The summed E-state index contributed by atoms with van der Waals surface area (Å²) in [6.07, 6.45) is 7.52. The van der Waals surface area contributed by atoms with Gasteiger partial charge in [-0.15, -0.1) is 6.58 Å². The summed E-state index contributed by atoms with van der Waals surface area (Å²) in [4.78, 5) is 25.9. The molecule has 0 fully saturated rings. The molecule has 0 aromatic heterocycles. The zero-order valence-corrected chi connectivity index (χ0v) is 18.1. The molecular weight excluding hydrogens is 374 g/mol. The first kappa shape index (κ1) is 23.4. The Bertz CT molecular complexity index is 762. The van der Waals surface area contributed by atoms with E-state index >= 15 is 0 Å². The Labute approximate surface area is 180 Å². The van der Waals surface area contributed by atoms with Crippen molar-refractivity contribution in [3.8, 4) is 0 Å². The predicted molar refractivity (Wildman–Crippen MR) is 121 cm³/mol. The van der Waals surface area contributed by atoms with Gasteiger partial charge in [0, 0.05) is 0 Å². The third kappa shape index (κ3) is 6.06. The Morgan fingerprint density at radius 1 is 0.967 bits per heavy atom. The average molecular weight is 408 g/mol. The van der Waals surface area contributed by atoms with Crippen molar-refractivity contribution in [1.29, 1.82) is 0 Å². The molecule has 160 valence electrons. The van der Waals surface area contributed by atoms with Crippen LogP contribution in [0.4, 0.5) is 0 Å². The second-order valence-electron chi connectivity index (χ2n) is 7.69. The number of carbonyl (C=O) groups excluding carboxylic acids is 2. The number of amides is 1. The van der Waals surface area contributed by atoms with Gasteiger partial charge in [0.15, 0.2) is 0 Å². The van der Waals surface area contributed by atoms with Crippen molar-refractivity contribution in [1.82, 2.24) is 5.32 Å². The molecule has 0 bridgehead atoms. The minimum absolute atomic E-state index is 0.207. The first-order chi connectivity index (χ1) is 14.5. The molecule has 4 nitrogen and oxygen atoms in total. The number of rotatable bonds is 12. The van der Waals surface area contributed by atoms with Gasteiger partial charge in [-0.05, 0) is 37.3 Å². The number of hydrogen-bond donors (Lipinski definition) is 1. The lowest BCUT2D eigenvalue weighted by Crippen LogP contribution is -2.50. The van der Waals surface area contributed by atoms with E-state index in [2.05, 4.69) is 11.9 Å². The number of hydrogen-bond acceptors (Lipinski definition) is 3. The van der Waals surface area contributed by atoms with E-state index in [1.807, 2.05) is 73.7 Å². The maximum atomic E-state index is 13.5. The standard InChI is InChI=1S/C26H33NO3/c1-4-5-6-7-8-15-20-23(24(28)30-3)27-25(29)26(2,21-16-11-9-12-17-21)22-18-13-10-14-19-22/h4,9-14,16-19,23H,1,5-8,15,20H2,2-3H3,(H,27,29)/t23-/m0/s1. The van der Waals surface area contributed by atoms with E-state index in [0.29, 0.717) is 6.42 Å². The van der Waals surface area contributed by atoms with E-state index in [1.54, 1.807) is 0 Å².